The lowest BCUT2D eigenvalue weighted by molar-refractivity contribution is -0.137. The summed E-state index contributed by atoms with van der Waals surface area (Å²) in [7, 11) is 0. The van der Waals surface area contributed by atoms with Gasteiger partial charge < -0.3 is 19.8 Å². The summed E-state index contributed by atoms with van der Waals surface area (Å²) in [5, 5.41) is 21.1. The number of aromatic nitrogens is 4. The monoisotopic (exact) mass is 545 g/mol. The number of rotatable bonds is 6. The zero-order chi connectivity index (χ0) is 27.7. The highest BCUT2D eigenvalue weighted by atomic mass is 19.4. The van der Waals surface area contributed by atoms with Gasteiger partial charge in [-0.15, -0.1) is 0 Å². The van der Waals surface area contributed by atoms with Gasteiger partial charge in [-0.3, -0.25) is 10.2 Å². The van der Waals surface area contributed by atoms with Crippen molar-refractivity contribution in [1.82, 2.24) is 19.9 Å². The summed E-state index contributed by atoms with van der Waals surface area (Å²) < 4.78 is 45.4. The second-order valence-electron chi connectivity index (χ2n) is 9.29. The molecule has 1 saturated heterocycles. The number of hydrogen-bond donors (Lipinski definition) is 3. The first-order chi connectivity index (χ1) is 18.6. The molecule has 2 aliphatic rings. The van der Waals surface area contributed by atoms with Crippen molar-refractivity contribution < 1.29 is 32.9 Å². The van der Waals surface area contributed by atoms with E-state index in [0.717, 1.165) is 25.1 Å². The summed E-state index contributed by atoms with van der Waals surface area (Å²) in [4.78, 5) is 34.5. The zero-order valence-electron chi connectivity index (χ0n) is 20.9. The van der Waals surface area contributed by atoms with Crippen molar-refractivity contribution in [3.05, 3.63) is 47.8 Å². The Hall–Kier alpha value is -4.04. The molecular formula is C25H26F3N7O4. The fourth-order valence-electron chi connectivity index (χ4n) is 4.73. The number of nitrogens with zero attached hydrogens (tertiary/aromatic N) is 6. The molecule has 2 atom stereocenters. The van der Waals surface area contributed by atoms with Crippen LogP contribution in [0.1, 0.15) is 24.1 Å². The lowest BCUT2D eigenvalue weighted by Crippen LogP contribution is -2.56. The van der Waals surface area contributed by atoms with Crippen LogP contribution in [-0.4, -0.2) is 74.6 Å². The number of amides is 2. The van der Waals surface area contributed by atoms with Crippen LogP contribution in [0.15, 0.2) is 36.5 Å². The Bertz CT molecular complexity index is 1370. The number of carbonyl (C=O) groups excluding carboxylic acids is 1. The van der Waals surface area contributed by atoms with E-state index >= 15 is 0 Å². The van der Waals surface area contributed by atoms with E-state index in [9.17, 15) is 23.1 Å². The Morgan fingerprint density at radius 2 is 2.08 bits per heavy atom. The fraction of sp³-hybridized carbons (Fsp3) is 0.400. The second-order valence-corrected chi connectivity index (χ2v) is 9.29. The highest BCUT2D eigenvalue weighted by Crippen LogP contribution is 2.41. The molecule has 3 aromatic rings. The molecule has 4 heterocycles. The molecule has 0 radical (unpaired) electrons. The number of piperidine rings is 1. The minimum absolute atomic E-state index is 0.0559. The number of alkyl halides is 3. The molecule has 11 nitrogen and oxygen atoms in total. The van der Waals surface area contributed by atoms with Crippen LogP contribution >= 0.6 is 0 Å². The van der Waals surface area contributed by atoms with Crippen LogP contribution in [-0.2, 0) is 6.18 Å². The lowest BCUT2D eigenvalue weighted by atomic mass is 9.99. The van der Waals surface area contributed by atoms with Crippen molar-refractivity contribution in [3.63, 3.8) is 0 Å². The SMILES string of the molecule is Cc1nc(-c2cccc(C(F)(F)F)c2)nc2c1N1CCCC(C1)N2C(=O)Nc1nccc(OC[C@H](O)CO)n1. The van der Waals surface area contributed by atoms with Crippen LogP contribution in [0, 0.1) is 6.92 Å². The quantitative estimate of drug-likeness (QED) is 0.427. The number of nitrogens with one attached hydrogen (secondary N) is 1. The smallest absolute Gasteiger partial charge is 0.416 e. The Morgan fingerprint density at radius 1 is 1.26 bits per heavy atom. The maximum Gasteiger partial charge on any atom is 0.416 e. The average Bonchev–Trinajstić information content (AvgIpc) is 2.91. The molecule has 0 spiro atoms. The van der Waals surface area contributed by atoms with Crippen molar-refractivity contribution in [2.45, 2.75) is 38.1 Å². The number of benzene rings is 1. The second kappa shape index (κ2) is 10.6. The Balaban J connectivity index is 1.48. The van der Waals surface area contributed by atoms with E-state index < -0.39 is 30.5 Å². The maximum absolute atomic E-state index is 13.6. The van der Waals surface area contributed by atoms with E-state index in [-0.39, 0.29) is 35.9 Å². The predicted octanol–water partition coefficient (Wildman–Crippen LogP) is 3.01. The first-order valence-corrected chi connectivity index (χ1v) is 12.3. The number of aliphatic hydroxyl groups is 2. The first kappa shape index (κ1) is 26.6. The summed E-state index contributed by atoms with van der Waals surface area (Å²) in [6.45, 7) is 2.36. The summed E-state index contributed by atoms with van der Waals surface area (Å²) in [6.07, 6.45) is -2.72. The molecule has 1 fully saturated rings. The van der Waals surface area contributed by atoms with Crippen LogP contribution in [0.3, 0.4) is 0 Å². The normalized spacial score (nSPS) is 17.4. The highest BCUT2D eigenvalue weighted by Gasteiger charge is 2.40. The molecule has 0 saturated carbocycles. The molecule has 2 bridgehead atoms. The van der Waals surface area contributed by atoms with Crippen LogP contribution in [0.5, 0.6) is 5.88 Å². The number of anilines is 3. The van der Waals surface area contributed by atoms with Crippen LogP contribution in [0.25, 0.3) is 11.4 Å². The minimum atomic E-state index is -4.53. The number of fused-ring (bicyclic) bond motifs is 4. The molecule has 1 aromatic carbocycles. The molecule has 14 heteroatoms. The van der Waals surface area contributed by atoms with Crippen LogP contribution < -0.4 is 19.9 Å². The Labute approximate surface area is 221 Å². The fourth-order valence-corrected chi connectivity index (χ4v) is 4.73. The van der Waals surface area contributed by atoms with Gasteiger partial charge in [0, 0.05) is 30.9 Å². The average molecular weight is 546 g/mol. The van der Waals surface area contributed by atoms with E-state index in [0.29, 0.717) is 30.2 Å². The Kier molecular flexibility index (Phi) is 7.23. The number of aliphatic hydroxyl groups excluding tert-OH is 2. The molecular weight excluding hydrogens is 519 g/mol. The van der Waals surface area contributed by atoms with Gasteiger partial charge in [-0.05, 0) is 31.9 Å². The maximum atomic E-state index is 13.6. The summed E-state index contributed by atoms with van der Waals surface area (Å²) in [5.74, 6) is 0.396. The van der Waals surface area contributed by atoms with Gasteiger partial charge in [-0.25, -0.2) is 19.7 Å². The molecule has 0 aliphatic carbocycles. The van der Waals surface area contributed by atoms with E-state index in [2.05, 4.69) is 30.2 Å². The van der Waals surface area contributed by atoms with Crippen molar-refractivity contribution in [2.24, 2.45) is 0 Å². The summed E-state index contributed by atoms with van der Waals surface area (Å²) in [5.41, 5.74) is 0.549. The third kappa shape index (κ3) is 5.56. The molecule has 206 valence electrons. The highest BCUT2D eigenvalue weighted by molar-refractivity contribution is 6.04. The standard InChI is InChI=1S/C25H26F3N7O4/c1-14-20-22(32-21(30-14)15-4-2-5-16(10-15)25(26,27)28)35(17-6-3-9-34(20)11-17)24(38)33-23-29-8-7-19(31-23)39-13-18(37)12-36/h2,4-5,7-8,10,17-18,36-37H,3,6,9,11-13H2,1H3,(H,29,31,33,38)/t17?,18-/m1/s1. The van der Waals surface area contributed by atoms with E-state index in [1.54, 1.807) is 6.92 Å². The largest absolute Gasteiger partial charge is 0.475 e. The van der Waals surface area contributed by atoms with Gasteiger partial charge in [0.05, 0.1) is 23.9 Å². The van der Waals surface area contributed by atoms with Gasteiger partial charge in [0.15, 0.2) is 11.6 Å². The molecule has 2 aromatic heterocycles. The summed E-state index contributed by atoms with van der Waals surface area (Å²) >= 11 is 0. The van der Waals surface area contributed by atoms with E-state index in [1.807, 2.05) is 0 Å². The molecule has 1 unspecified atom stereocenters. The van der Waals surface area contributed by atoms with Gasteiger partial charge in [-0.2, -0.15) is 18.2 Å². The minimum Gasteiger partial charge on any atom is -0.475 e. The van der Waals surface area contributed by atoms with Gasteiger partial charge in [0.1, 0.15) is 18.4 Å². The third-order valence-corrected chi connectivity index (χ3v) is 6.50. The van der Waals surface area contributed by atoms with Crippen molar-refractivity contribution >= 4 is 23.5 Å². The van der Waals surface area contributed by atoms with E-state index in [1.165, 1.54) is 29.3 Å². The van der Waals surface area contributed by atoms with Crippen molar-refractivity contribution in [2.75, 3.05) is 41.4 Å². The lowest BCUT2D eigenvalue weighted by Gasteiger charge is -2.46. The van der Waals surface area contributed by atoms with Gasteiger partial charge in [0.25, 0.3) is 0 Å². The van der Waals surface area contributed by atoms with Gasteiger partial charge in [0.2, 0.25) is 11.8 Å². The van der Waals surface area contributed by atoms with Gasteiger partial charge in [-0.1, -0.05) is 12.1 Å². The molecule has 2 aliphatic heterocycles. The number of halogens is 3. The van der Waals surface area contributed by atoms with E-state index in [4.69, 9.17) is 9.84 Å². The molecule has 5 rings (SSSR count). The summed E-state index contributed by atoms with van der Waals surface area (Å²) in [6, 6.07) is 5.39. The number of hydrogen-bond acceptors (Lipinski definition) is 9. The van der Waals surface area contributed by atoms with Crippen LogP contribution in [0.4, 0.5) is 35.4 Å². The Morgan fingerprint density at radius 3 is 2.85 bits per heavy atom. The first-order valence-electron chi connectivity index (χ1n) is 12.3. The number of aryl methyl sites for hydroxylation is 1. The number of carbonyl (C=O) groups is 1. The van der Waals surface area contributed by atoms with Gasteiger partial charge >= 0.3 is 12.2 Å². The number of urea groups is 1. The number of ether oxygens (including phenoxy) is 1. The topological polar surface area (TPSA) is 137 Å². The van der Waals surface area contributed by atoms with Crippen molar-refractivity contribution in [3.8, 4) is 17.3 Å². The van der Waals surface area contributed by atoms with Crippen LogP contribution in [0.2, 0.25) is 0 Å². The third-order valence-electron chi connectivity index (χ3n) is 6.50. The zero-order valence-corrected chi connectivity index (χ0v) is 20.9. The predicted molar refractivity (Wildman–Crippen MR) is 135 cm³/mol. The molecule has 2 amide bonds. The molecule has 39 heavy (non-hydrogen) atoms. The van der Waals surface area contributed by atoms with Crippen molar-refractivity contribution in [1.29, 1.82) is 0 Å². The molecule has 3 N–H and O–H groups in total.